The Morgan fingerprint density at radius 3 is 2.65 bits per heavy atom. The summed E-state index contributed by atoms with van der Waals surface area (Å²) in [6.07, 6.45) is 0.0338. The van der Waals surface area contributed by atoms with E-state index < -0.39 is 6.10 Å². The van der Waals surface area contributed by atoms with Crippen LogP contribution >= 0.6 is 0 Å². The van der Waals surface area contributed by atoms with E-state index in [9.17, 15) is 9.90 Å². The van der Waals surface area contributed by atoms with Crippen LogP contribution < -0.4 is 10.5 Å². The molecule has 2 unspecified atom stereocenters. The first-order valence-corrected chi connectivity index (χ1v) is 5.76. The Morgan fingerprint density at radius 1 is 1.47 bits per heavy atom. The van der Waals surface area contributed by atoms with Gasteiger partial charge >= 0.3 is 0 Å². The maximum Gasteiger partial charge on any atom is 0.221 e. The zero-order chi connectivity index (χ0) is 12.8. The number of para-hydroxylation sites is 1. The highest BCUT2D eigenvalue weighted by molar-refractivity contribution is 5.74. The molecule has 0 bridgehead atoms. The van der Waals surface area contributed by atoms with E-state index in [1.54, 1.807) is 19.1 Å². The van der Waals surface area contributed by atoms with Gasteiger partial charge in [-0.2, -0.15) is 0 Å². The molecule has 0 radical (unpaired) electrons. The Morgan fingerprint density at radius 2 is 2.12 bits per heavy atom. The van der Waals surface area contributed by atoms with E-state index in [1.807, 2.05) is 19.1 Å². The second kappa shape index (κ2) is 6.25. The molecule has 0 aliphatic heterocycles. The molecule has 0 aliphatic rings. The van der Waals surface area contributed by atoms with Gasteiger partial charge in [0.05, 0.1) is 12.5 Å². The quantitative estimate of drug-likeness (QED) is 0.792. The van der Waals surface area contributed by atoms with Gasteiger partial charge in [0.1, 0.15) is 11.9 Å². The van der Waals surface area contributed by atoms with Gasteiger partial charge in [0.2, 0.25) is 5.91 Å². The monoisotopic (exact) mass is 237 g/mol. The van der Waals surface area contributed by atoms with Crippen LogP contribution in [0, 0.1) is 0 Å². The summed E-state index contributed by atoms with van der Waals surface area (Å²) in [5.74, 6) is 0.224. The third-order valence-corrected chi connectivity index (χ3v) is 2.55. The molecule has 4 nitrogen and oxygen atoms in total. The van der Waals surface area contributed by atoms with Crippen molar-refractivity contribution in [2.75, 3.05) is 0 Å². The van der Waals surface area contributed by atoms with Gasteiger partial charge in [-0.1, -0.05) is 25.1 Å². The van der Waals surface area contributed by atoms with Crippen LogP contribution in [0.4, 0.5) is 0 Å². The number of rotatable bonds is 6. The van der Waals surface area contributed by atoms with Gasteiger partial charge in [0.15, 0.2) is 0 Å². The summed E-state index contributed by atoms with van der Waals surface area (Å²) in [5.41, 5.74) is 5.87. The molecular formula is C13H19NO3. The Labute approximate surface area is 101 Å². The van der Waals surface area contributed by atoms with Crippen molar-refractivity contribution in [1.82, 2.24) is 0 Å². The molecule has 0 heterocycles. The van der Waals surface area contributed by atoms with Gasteiger partial charge in [-0.05, 0) is 19.4 Å². The van der Waals surface area contributed by atoms with E-state index >= 15 is 0 Å². The number of nitrogens with two attached hydrogens (primary N) is 1. The topological polar surface area (TPSA) is 72.6 Å². The summed E-state index contributed by atoms with van der Waals surface area (Å²) in [6, 6.07) is 7.25. The maximum absolute atomic E-state index is 10.9. The zero-order valence-corrected chi connectivity index (χ0v) is 10.2. The molecule has 0 saturated carbocycles. The molecule has 4 heteroatoms. The van der Waals surface area contributed by atoms with Crippen LogP contribution in [-0.4, -0.2) is 17.1 Å². The largest absolute Gasteiger partial charge is 0.490 e. The molecule has 1 aromatic rings. The van der Waals surface area contributed by atoms with E-state index in [0.717, 1.165) is 5.56 Å². The number of ether oxygens (including phenoxy) is 1. The van der Waals surface area contributed by atoms with Crippen LogP contribution in [0.25, 0.3) is 0 Å². The summed E-state index contributed by atoms with van der Waals surface area (Å²) in [6.45, 7) is 3.61. The number of hydrogen-bond donors (Lipinski definition) is 2. The smallest absolute Gasteiger partial charge is 0.221 e. The molecule has 94 valence electrons. The average molecular weight is 237 g/mol. The summed E-state index contributed by atoms with van der Waals surface area (Å²) in [4.78, 5) is 10.9. The number of carbonyl (C=O) groups excluding carboxylic acids is 1. The molecular weight excluding hydrogens is 218 g/mol. The van der Waals surface area contributed by atoms with Crippen LogP contribution in [-0.2, 0) is 4.79 Å². The number of amides is 1. The standard InChI is InChI=1S/C13H19NO3/c1-3-10(8-13(14)16)17-12-7-5-4-6-11(12)9(2)15/h4-7,9-10,15H,3,8H2,1-2H3,(H2,14,16). The zero-order valence-electron chi connectivity index (χ0n) is 10.2. The van der Waals surface area contributed by atoms with Crippen molar-refractivity contribution in [1.29, 1.82) is 0 Å². The molecule has 0 spiro atoms. The fourth-order valence-electron chi connectivity index (χ4n) is 1.61. The van der Waals surface area contributed by atoms with Crippen molar-refractivity contribution < 1.29 is 14.6 Å². The Hall–Kier alpha value is -1.55. The van der Waals surface area contributed by atoms with Crippen LogP contribution in [0.3, 0.4) is 0 Å². The van der Waals surface area contributed by atoms with Crippen molar-refractivity contribution in [3.63, 3.8) is 0 Å². The lowest BCUT2D eigenvalue weighted by atomic mass is 10.1. The summed E-state index contributed by atoms with van der Waals surface area (Å²) in [5, 5.41) is 9.60. The maximum atomic E-state index is 10.9. The van der Waals surface area contributed by atoms with Gasteiger partial charge in [0.25, 0.3) is 0 Å². The predicted octanol–water partition coefficient (Wildman–Crippen LogP) is 1.77. The Balaban J connectivity index is 2.82. The third kappa shape index (κ3) is 4.07. The van der Waals surface area contributed by atoms with Gasteiger partial charge < -0.3 is 15.6 Å². The van der Waals surface area contributed by atoms with Crippen molar-refractivity contribution in [2.24, 2.45) is 5.73 Å². The molecule has 1 aromatic carbocycles. The van der Waals surface area contributed by atoms with E-state index in [1.165, 1.54) is 0 Å². The second-order valence-corrected chi connectivity index (χ2v) is 4.03. The molecule has 2 atom stereocenters. The van der Waals surface area contributed by atoms with Gasteiger partial charge in [0, 0.05) is 5.56 Å². The highest BCUT2D eigenvalue weighted by Gasteiger charge is 2.15. The number of benzene rings is 1. The number of carbonyl (C=O) groups is 1. The Kier molecular flexibility index (Phi) is 4.97. The first kappa shape index (κ1) is 13.5. The molecule has 0 aliphatic carbocycles. The Bertz CT molecular complexity index is 377. The number of aliphatic hydroxyl groups is 1. The highest BCUT2D eigenvalue weighted by Crippen LogP contribution is 2.26. The molecule has 1 rings (SSSR count). The predicted molar refractivity (Wildman–Crippen MR) is 65.6 cm³/mol. The van der Waals surface area contributed by atoms with Gasteiger partial charge in [-0.25, -0.2) is 0 Å². The van der Waals surface area contributed by atoms with Crippen LogP contribution in [0.15, 0.2) is 24.3 Å². The molecule has 0 saturated heterocycles. The SMILES string of the molecule is CCC(CC(N)=O)Oc1ccccc1C(C)O. The average Bonchev–Trinajstić information content (AvgIpc) is 2.28. The minimum atomic E-state index is -0.600. The van der Waals surface area contributed by atoms with E-state index in [2.05, 4.69) is 0 Å². The molecule has 1 amide bonds. The molecule has 0 aromatic heterocycles. The van der Waals surface area contributed by atoms with Crippen molar-refractivity contribution >= 4 is 5.91 Å². The van der Waals surface area contributed by atoms with Gasteiger partial charge in [-0.15, -0.1) is 0 Å². The minimum Gasteiger partial charge on any atom is -0.490 e. The second-order valence-electron chi connectivity index (χ2n) is 4.03. The number of primary amides is 1. The summed E-state index contributed by atoms with van der Waals surface area (Å²) < 4.78 is 5.71. The fourth-order valence-corrected chi connectivity index (χ4v) is 1.61. The van der Waals surface area contributed by atoms with E-state index in [-0.39, 0.29) is 18.4 Å². The number of hydrogen-bond acceptors (Lipinski definition) is 3. The van der Waals surface area contributed by atoms with E-state index in [0.29, 0.717) is 12.2 Å². The molecule has 3 N–H and O–H groups in total. The fraction of sp³-hybridized carbons (Fsp3) is 0.462. The summed E-state index contributed by atoms with van der Waals surface area (Å²) in [7, 11) is 0. The first-order chi connectivity index (χ1) is 8.04. The van der Waals surface area contributed by atoms with Crippen molar-refractivity contribution in [3.8, 4) is 5.75 Å². The normalized spacial score (nSPS) is 14.1. The van der Waals surface area contributed by atoms with Crippen molar-refractivity contribution in [2.45, 2.75) is 38.9 Å². The lowest BCUT2D eigenvalue weighted by molar-refractivity contribution is -0.119. The highest BCUT2D eigenvalue weighted by atomic mass is 16.5. The lowest BCUT2D eigenvalue weighted by Crippen LogP contribution is -2.24. The van der Waals surface area contributed by atoms with Crippen LogP contribution in [0.5, 0.6) is 5.75 Å². The lowest BCUT2D eigenvalue weighted by Gasteiger charge is -2.19. The first-order valence-electron chi connectivity index (χ1n) is 5.76. The third-order valence-electron chi connectivity index (χ3n) is 2.55. The molecule has 0 fully saturated rings. The summed E-state index contributed by atoms with van der Waals surface area (Å²) >= 11 is 0. The van der Waals surface area contributed by atoms with E-state index in [4.69, 9.17) is 10.5 Å². The van der Waals surface area contributed by atoms with Crippen molar-refractivity contribution in [3.05, 3.63) is 29.8 Å². The van der Waals surface area contributed by atoms with Crippen LogP contribution in [0.2, 0.25) is 0 Å². The molecule has 17 heavy (non-hydrogen) atoms. The van der Waals surface area contributed by atoms with Crippen LogP contribution in [0.1, 0.15) is 38.4 Å². The number of aliphatic hydroxyl groups excluding tert-OH is 1. The van der Waals surface area contributed by atoms with Gasteiger partial charge in [-0.3, -0.25) is 4.79 Å². The minimum absolute atomic E-state index is 0.185.